The number of hydrogen-bond acceptors (Lipinski definition) is 14. The van der Waals surface area contributed by atoms with Crippen LogP contribution >= 0.6 is 0 Å². The quantitative estimate of drug-likeness (QED) is 0.115. The van der Waals surface area contributed by atoms with Crippen LogP contribution in [0.5, 0.6) is 0 Å². The van der Waals surface area contributed by atoms with Gasteiger partial charge in [0.2, 0.25) is 17.7 Å². The van der Waals surface area contributed by atoms with E-state index in [9.17, 15) is 9.59 Å². The molecule has 6 bridgehead atoms. The zero-order chi connectivity index (χ0) is 55.2. The molecule has 13 rings (SSSR count). The molecule has 0 radical (unpaired) electrons. The molecule has 8 fully saturated rings. The molecular formula is C62H85N11O7. The van der Waals surface area contributed by atoms with Crippen LogP contribution in [0, 0.1) is 22.7 Å². The van der Waals surface area contributed by atoms with E-state index in [1.807, 2.05) is 6.20 Å². The summed E-state index contributed by atoms with van der Waals surface area (Å²) in [6.45, 7) is 16.7. The lowest BCUT2D eigenvalue weighted by molar-refractivity contribution is -0.155. The highest BCUT2D eigenvalue weighted by Crippen LogP contribution is 2.49. The average molecular weight is 1100 g/mol. The zero-order valence-electron chi connectivity index (χ0n) is 48.2. The summed E-state index contributed by atoms with van der Waals surface area (Å²) in [5, 5.41) is 5.88. The van der Waals surface area contributed by atoms with Crippen LogP contribution in [0.1, 0.15) is 128 Å². The van der Waals surface area contributed by atoms with Crippen molar-refractivity contribution in [2.24, 2.45) is 22.7 Å². The van der Waals surface area contributed by atoms with E-state index in [0.717, 1.165) is 142 Å². The number of esters is 1. The number of fused-ring (bicyclic) bond motifs is 6. The number of aromatic nitrogens is 3. The number of pyridine rings is 1. The number of anilines is 1. The summed E-state index contributed by atoms with van der Waals surface area (Å²) < 4.78 is 21.1. The van der Waals surface area contributed by atoms with Crippen LogP contribution in [-0.4, -0.2) is 179 Å². The van der Waals surface area contributed by atoms with Crippen molar-refractivity contribution in [1.82, 2.24) is 49.9 Å². The third kappa shape index (κ3) is 10.4. The summed E-state index contributed by atoms with van der Waals surface area (Å²) in [7, 11) is 3.83. The minimum atomic E-state index is -0.999. The molecule has 2 N–H and O–H groups in total. The predicted octanol–water partition coefficient (Wildman–Crippen LogP) is 6.59. The van der Waals surface area contributed by atoms with Crippen LogP contribution in [0.4, 0.5) is 5.69 Å². The molecule has 1 spiro atoms. The van der Waals surface area contributed by atoms with Crippen LogP contribution in [0.2, 0.25) is 0 Å². The summed E-state index contributed by atoms with van der Waals surface area (Å²) in [5.41, 5.74) is 10.2. The topological polar surface area (TPSA) is 174 Å². The van der Waals surface area contributed by atoms with Gasteiger partial charge in [0.25, 0.3) is 5.91 Å². The number of cyclic esters (lactones) is 1. The van der Waals surface area contributed by atoms with Crippen molar-refractivity contribution in [3.63, 3.8) is 0 Å². The number of hydrogen-bond donors (Lipinski definition) is 2. The predicted molar refractivity (Wildman–Crippen MR) is 304 cm³/mol. The maximum absolute atomic E-state index is 15.2. The first-order chi connectivity index (χ1) is 38.7. The lowest BCUT2D eigenvalue weighted by Gasteiger charge is -2.37. The number of benzene rings is 1. The molecule has 3 saturated carbocycles. The molecule has 3 amide bonds. The Kier molecular flexibility index (Phi) is 14.4. The Hall–Kier alpha value is -5.40. The maximum Gasteiger partial charge on any atom is 0.324 e. The standard InChI is InChI=1S/C62H85N11O7/c1-7-72-50-19-16-41-29-45(50)47(54(72)46-31-44(33-63-51(46)38(2)78-6)69-27-25-68(26-28-69)43-17-18-43)32-61(3,4)37-80-60(77)48-13-10-22-73(66-48)58(75)49(30-42-34-79-57(41)64-42)65-56(74)53(39-11-8-9-12-39)70-23-20-62(35-70)21-24-71(36-62)59(76)55-52(67(55)5)40-14-15-40/h16,19,29,31,33-34,38-40,43,48-49,52-53,55,66H,7-15,17-18,20-28,30,32,35-37H2,1-6H3,(H,65,74)/t38-,48-,49-,52+,53-,55+,62-,67?/m0/s1. The third-order valence-corrected chi connectivity index (χ3v) is 20.2. The van der Waals surface area contributed by atoms with Crippen LogP contribution in [0.3, 0.4) is 0 Å². The average Bonchev–Trinajstić information content (AvgIpc) is 4.43. The molecule has 3 aromatic heterocycles. The van der Waals surface area contributed by atoms with Gasteiger partial charge < -0.3 is 33.6 Å². The van der Waals surface area contributed by atoms with Crippen LogP contribution in [0.25, 0.3) is 33.6 Å². The second kappa shape index (κ2) is 21.4. The Bertz CT molecular complexity index is 3010. The fraction of sp³-hybridized carbons (Fsp3) is 0.677. The first-order valence-corrected chi connectivity index (χ1v) is 30.6. The Morgan fingerprint density at radius 3 is 2.48 bits per heavy atom. The third-order valence-electron chi connectivity index (χ3n) is 20.2. The van der Waals surface area contributed by atoms with Crippen LogP contribution < -0.4 is 15.6 Å². The molecule has 9 heterocycles. The fourth-order valence-corrected chi connectivity index (χ4v) is 15.3. The highest BCUT2D eigenvalue weighted by Gasteiger charge is 2.59. The van der Waals surface area contributed by atoms with Crippen LogP contribution in [0.15, 0.2) is 41.1 Å². The van der Waals surface area contributed by atoms with E-state index in [0.29, 0.717) is 55.9 Å². The lowest BCUT2D eigenvalue weighted by atomic mass is 9.84. The molecule has 4 aromatic rings. The Labute approximate surface area is 471 Å². The Morgan fingerprint density at radius 2 is 1.73 bits per heavy atom. The van der Waals surface area contributed by atoms with E-state index >= 15 is 9.59 Å². The van der Waals surface area contributed by atoms with Crippen molar-refractivity contribution in [2.45, 2.75) is 166 Å². The SMILES string of the molecule is CCn1c(-c2cc(N3CCN(C4CC4)CC3)cnc2[C@H](C)OC)c2c3cc(ccc31)-c1nc(co1)C[C@H](NC(=O)[C@H](C1CCCC1)N1CC[C@]3(CCN(C(=O)[C@H]4[C@@H](C5CC5)N4C)C3)C1)C(=O)N1CCC[C@H](N1)C(=O)OCC(C)(C)C2. The van der Waals surface area contributed by atoms with E-state index in [1.54, 1.807) is 13.4 Å². The van der Waals surface area contributed by atoms with E-state index in [-0.39, 0.29) is 54.2 Å². The number of nitrogens with zero attached hydrogens (tertiary/aromatic N) is 9. The zero-order valence-corrected chi connectivity index (χ0v) is 48.2. The number of carbonyl (C=O) groups excluding carboxylic acids is 4. The Balaban J connectivity index is 0.819. The number of nitrogens with one attached hydrogen (secondary N) is 2. The largest absolute Gasteiger partial charge is 0.464 e. The van der Waals surface area contributed by atoms with Gasteiger partial charge in [0, 0.05) is 117 Å². The highest BCUT2D eigenvalue weighted by atomic mass is 16.5. The molecule has 18 heteroatoms. The molecule has 18 nitrogen and oxygen atoms in total. The molecule has 1 aromatic carbocycles. The number of carbonyl (C=O) groups is 4. The normalized spacial score (nSPS) is 29.6. The summed E-state index contributed by atoms with van der Waals surface area (Å²) in [6, 6.07) is 7.69. The van der Waals surface area contributed by atoms with Crippen molar-refractivity contribution in [2.75, 3.05) is 84.6 Å². The second-order valence-corrected chi connectivity index (χ2v) is 26.4. The van der Waals surface area contributed by atoms with Gasteiger partial charge in [0.1, 0.15) is 24.4 Å². The maximum atomic E-state index is 15.2. The molecule has 6 aliphatic heterocycles. The van der Waals surface area contributed by atoms with Crippen molar-refractivity contribution in [1.29, 1.82) is 0 Å². The summed E-state index contributed by atoms with van der Waals surface area (Å²) in [4.78, 5) is 80.6. The van der Waals surface area contributed by atoms with Gasteiger partial charge in [-0.05, 0) is 140 Å². The molecular weight excluding hydrogens is 1010 g/mol. The van der Waals surface area contributed by atoms with Crippen LogP contribution in [-0.2, 0) is 48.0 Å². The van der Waals surface area contributed by atoms with Gasteiger partial charge in [-0.15, -0.1) is 0 Å². The molecule has 80 heavy (non-hydrogen) atoms. The monoisotopic (exact) mass is 1100 g/mol. The molecule has 430 valence electrons. The minimum absolute atomic E-state index is 0.0168. The minimum Gasteiger partial charge on any atom is -0.464 e. The number of piperazine rings is 1. The fourth-order valence-electron chi connectivity index (χ4n) is 15.3. The lowest BCUT2D eigenvalue weighted by Crippen LogP contribution is -2.62. The van der Waals surface area contributed by atoms with Crippen molar-refractivity contribution >= 4 is 40.3 Å². The number of hydrazine groups is 1. The number of oxazole rings is 1. The number of likely N-dealkylation sites (tertiary alicyclic amines) is 2. The number of rotatable bonds is 12. The highest BCUT2D eigenvalue weighted by molar-refractivity contribution is 5.95. The first-order valence-electron chi connectivity index (χ1n) is 30.6. The van der Waals surface area contributed by atoms with Gasteiger partial charge in [-0.2, -0.15) is 0 Å². The second-order valence-electron chi connectivity index (χ2n) is 26.4. The summed E-state index contributed by atoms with van der Waals surface area (Å²) in [6.07, 6.45) is 16.1. The smallest absolute Gasteiger partial charge is 0.324 e. The molecule has 8 atom stereocenters. The number of methoxy groups -OCH3 is 1. The van der Waals surface area contributed by atoms with Crippen molar-refractivity contribution in [3.8, 4) is 22.7 Å². The Morgan fingerprint density at radius 1 is 0.938 bits per heavy atom. The number of aryl methyl sites for hydroxylation is 1. The van der Waals surface area contributed by atoms with Gasteiger partial charge in [0.15, 0.2) is 0 Å². The van der Waals surface area contributed by atoms with Gasteiger partial charge >= 0.3 is 5.97 Å². The first kappa shape index (κ1) is 53.9. The van der Waals surface area contributed by atoms with Gasteiger partial charge in [-0.25, -0.2) is 10.4 Å². The van der Waals surface area contributed by atoms with E-state index in [4.69, 9.17) is 23.9 Å². The van der Waals surface area contributed by atoms with E-state index < -0.39 is 29.5 Å². The van der Waals surface area contributed by atoms with Crippen molar-refractivity contribution in [3.05, 3.63) is 53.7 Å². The van der Waals surface area contributed by atoms with E-state index in [1.165, 1.54) is 30.7 Å². The van der Waals surface area contributed by atoms with E-state index in [2.05, 4.69) is 98.8 Å². The summed E-state index contributed by atoms with van der Waals surface area (Å²) in [5.74, 6) is 0.638. The molecule has 9 aliphatic rings. The van der Waals surface area contributed by atoms with Gasteiger partial charge in [-0.1, -0.05) is 26.7 Å². The van der Waals surface area contributed by atoms with Crippen molar-refractivity contribution < 1.29 is 33.1 Å². The number of ether oxygens (including phenoxy) is 2. The number of likely N-dealkylation sites (N-methyl/N-ethyl adjacent to an activating group) is 1. The molecule has 1 unspecified atom stereocenters. The summed E-state index contributed by atoms with van der Waals surface area (Å²) >= 11 is 0. The molecule has 3 aliphatic carbocycles. The van der Waals surface area contributed by atoms with Gasteiger partial charge in [0.05, 0.1) is 47.7 Å². The number of amides is 3. The molecule has 5 saturated heterocycles. The van der Waals surface area contributed by atoms with Gasteiger partial charge in [-0.3, -0.25) is 43.9 Å².